The molecule has 2 aliphatic rings. The lowest BCUT2D eigenvalue weighted by atomic mass is 9.94. The second-order valence-corrected chi connectivity index (χ2v) is 7.36. The van der Waals surface area contributed by atoms with Gasteiger partial charge in [-0.05, 0) is 36.1 Å². The first-order chi connectivity index (χ1) is 15.2. The zero-order valence-corrected chi connectivity index (χ0v) is 17.1. The molecule has 2 aromatic rings. The summed E-state index contributed by atoms with van der Waals surface area (Å²) in [5.74, 6) is -2.75. The summed E-state index contributed by atoms with van der Waals surface area (Å²) >= 11 is 0. The molecule has 1 aromatic carbocycles. The number of rotatable bonds is 3. The number of nitrogens with zero attached hydrogens (tertiary/aromatic N) is 1. The summed E-state index contributed by atoms with van der Waals surface area (Å²) in [5, 5.41) is 17.4. The predicted molar refractivity (Wildman–Crippen MR) is 110 cm³/mol. The number of carboxylic acid groups (broad SMARTS) is 1. The summed E-state index contributed by atoms with van der Waals surface area (Å²) in [4.78, 5) is 38.3. The molecule has 174 valence electrons. The quantitative estimate of drug-likeness (QED) is 0.476. The first-order valence-electron chi connectivity index (χ1n) is 10.1. The maximum absolute atomic E-state index is 12.2. The highest BCUT2D eigenvalue weighted by molar-refractivity contribution is 6.02. The Bertz CT molecular complexity index is 999. The second kappa shape index (κ2) is 9.90. The Morgan fingerprint density at radius 2 is 1.84 bits per heavy atom. The minimum Gasteiger partial charge on any atom is -0.475 e. The molecule has 0 bridgehead atoms. The third-order valence-corrected chi connectivity index (χ3v) is 5.26. The van der Waals surface area contributed by atoms with Crippen LogP contribution in [0.3, 0.4) is 0 Å². The van der Waals surface area contributed by atoms with Crippen LogP contribution in [-0.2, 0) is 17.6 Å². The van der Waals surface area contributed by atoms with E-state index in [0.29, 0.717) is 13.1 Å². The van der Waals surface area contributed by atoms with E-state index in [9.17, 15) is 22.8 Å². The molecule has 0 radical (unpaired) electrons. The Balaban J connectivity index is 0.000000360. The number of H-pyrrole nitrogens is 1. The molecule has 1 aromatic heterocycles. The van der Waals surface area contributed by atoms with E-state index in [2.05, 4.69) is 20.9 Å². The van der Waals surface area contributed by atoms with Crippen molar-refractivity contribution in [2.45, 2.75) is 19.0 Å². The third-order valence-electron chi connectivity index (χ3n) is 5.26. The Kier molecular flexibility index (Phi) is 7.23. The number of aromatic nitrogens is 1. The van der Waals surface area contributed by atoms with E-state index in [4.69, 9.17) is 9.90 Å². The van der Waals surface area contributed by atoms with Crippen molar-refractivity contribution in [3.8, 4) is 0 Å². The number of halogens is 3. The van der Waals surface area contributed by atoms with E-state index < -0.39 is 12.1 Å². The predicted octanol–water partition coefficient (Wildman–Crippen LogP) is 1.24. The van der Waals surface area contributed by atoms with Crippen molar-refractivity contribution < 1.29 is 32.7 Å². The average Bonchev–Trinajstić information content (AvgIpc) is 3.18. The van der Waals surface area contributed by atoms with Gasteiger partial charge in [-0.1, -0.05) is 0 Å². The van der Waals surface area contributed by atoms with Crippen LogP contribution in [0.4, 0.5) is 18.0 Å². The molecule has 1 saturated heterocycles. The number of piperazine rings is 1. The van der Waals surface area contributed by atoms with Crippen LogP contribution < -0.4 is 16.0 Å². The van der Waals surface area contributed by atoms with Crippen molar-refractivity contribution in [1.82, 2.24) is 25.8 Å². The fourth-order valence-corrected chi connectivity index (χ4v) is 3.72. The molecule has 12 heteroatoms. The van der Waals surface area contributed by atoms with Crippen LogP contribution in [0.2, 0.25) is 0 Å². The number of hydrogen-bond donors (Lipinski definition) is 5. The molecule has 32 heavy (non-hydrogen) atoms. The van der Waals surface area contributed by atoms with Crippen molar-refractivity contribution in [3.63, 3.8) is 0 Å². The van der Waals surface area contributed by atoms with E-state index in [1.807, 2.05) is 23.2 Å². The Morgan fingerprint density at radius 3 is 2.50 bits per heavy atom. The number of nitrogens with one attached hydrogen (secondary N) is 4. The van der Waals surface area contributed by atoms with Gasteiger partial charge in [0.05, 0.1) is 0 Å². The van der Waals surface area contributed by atoms with Crippen molar-refractivity contribution in [2.75, 3.05) is 39.3 Å². The van der Waals surface area contributed by atoms with Gasteiger partial charge in [-0.2, -0.15) is 13.2 Å². The Labute approximate surface area is 181 Å². The summed E-state index contributed by atoms with van der Waals surface area (Å²) in [5.41, 5.74) is 4.09. The monoisotopic (exact) mass is 455 g/mol. The van der Waals surface area contributed by atoms with Crippen molar-refractivity contribution in [1.29, 1.82) is 0 Å². The maximum atomic E-state index is 12.2. The van der Waals surface area contributed by atoms with E-state index >= 15 is 0 Å². The first kappa shape index (κ1) is 23.4. The van der Waals surface area contributed by atoms with Gasteiger partial charge in [0, 0.05) is 61.9 Å². The van der Waals surface area contributed by atoms with Crippen LogP contribution in [0.1, 0.15) is 21.5 Å². The zero-order valence-electron chi connectivity index (χ0n) is 17.1. The number of benzene rings is 1. The van der Waals surface area contributed by atoms with Crippen molar-refractivity contribution in [3.05, 3.63) is 35.0 Å². The van der Waals surface area contributed by atoms with Crippen LogP contribution >= 0.6 is 0 Å². The fourth-order valence-electron chi connectivity index (χ4n) is 3.72. The summed E-state index contributed by atoms with van der Waals surface area (Å²) in [7, 11) is 0. The van der Waals surface area contributed by atoms with Crippen LogP contribution in [0.5, 0.6) is 0 Å². The van der Waals surface area contributed by atoms with E-state index in [0.717, 1.165) is 66.6 Å². The molecule has 0 spiro atoms. The zero-order chi connectivity index (χ0) is 23.3. The molecule has 2 aliphatic heterocycles. The number of carbonyl (C=O) groups is 3. The SMILES string of the molecule is O=C(O)C(F)(F)F.O=C1NCCc2c1ccc1[nH]cc(CCNC(=O)N3CCNCC3)c21. The minimum atomic E-state index is -5.08. The van der Waals surface area contributed by atoms with E-state index in [1.54, 1.807) is 0 Å². The number of carbonyl (C=O) groups excluding carboxylic acids is 2. The summed E-state index contributed by atoms with van der Waals surface area (Å²) in [6, 6.07) is 3.85. The fraction of sp³-hybridized carbons (Fsp3) is 0.450. The molecular weight excluding hydrogens is 431 g/mol. The normalized spacial score (nSPS) is 16.0. The van der Waals surface area contributed by atoms with Crippen molar-refractivity contribution >= 4 is 28.8 Å². The topological polar surface area (TPSA) is 127 Å². The van der Waals surface area contributed by atoms with Gasteiger partial charge < -0.3 is 30.9 Å². The summed E-state index contributed by atoms with van der Waals surface area (Å²) in [6.45, 7) is 4.47. The molecule has 0 unspecified atom stereocenters. The molecule has 0 aliphatic carbocycles. The van der Waals surface area contributed by atoms with Crippen LogP contribution in [0.15, 0.2) is 18.3 Å². The number of aromatic amines is 1. The van der Waals surface area contributed by atoms with Crippen molar-refractivity contribution in [2.24, 2.45) is 0 Å². The van der Waals surface area contributed by atoms with Crippen LogP contribution in [0, 0.1) is 0 Å². The highest BCUT2D eigenvalue weighted by Gasteiger charge is 2.38. The lowest BCUT2D eigenvalue weighted by molar-refractivity contribution is -0.192. The van der Waals surface area contributed by atoms with Gasteiger partial charge >= 0.3 is 18.2 Å². The van der Waals surface area contributed by atoms with Gasteiger partial charge in [0.1, 0.15) is 0 Å². The molecule has 5 N–H and O–H groups in total. The molecule has 1 fully saturated rings. The third kappa shape index (κ3) is 5.49. The van der Waals surface area contributed by atoms with Gasteiger partial charge in [0.25, 0.3) is 5.91 Å². The van der Waals surface area contributed by atoms with E-state index in [-0.39, 0.29) is 11.9 Å². The number of urea groups is 1. The number of fused-ring (bicyclic) bond motifs is 3. The number of aliphatic carboxylic acids is 1. The average molecular weight is 455 g/mol. The maximum Gasteiger partial charge on any atom is 0.490 e. The summed E-state index contributed by atoms with van der Waals surface area (Å²) in [6.07, 6.45) is -1.50. The largest absolute Gasteiger partial charge is 0.490 e. The molecule has 9 nitrogen and oxygen atoms in total. The van der Waals surface area contributed by atoms with Crippen LogP contribution in [0.25, 0.3) is 10.9 Å². The smallest absolute Gasteiger partial charge is 0.475 e. The lowest BCUT2D eigenvalue weighted by Crippen LogP contribution is -2.50. The second-order valence-electron chi connectivity index (χ2n) is 7.36. The number of hydrogen-bond acceptors (Lipinski definition) is 4. The highest BCUT2D eigenvalue weighted by Crippen LogP contribution is 2.28. The highest BCUT2D eigenvalue weighted by atomic mass is 19.4. The molecular formula is C20H24F3N5O4. The Morgan fingerprint density at radius 1 is 1.16 bits per heavy atom. The number of carboxylic acids is 1. The number of alkyl halides is 3. The molecule has 4 rings (SSSR count). The van der Waals surface area contributed by atoms with Gasteiger partial charge in [-0.25, -0.2) is 9.59 Å². The molecule has 3 amide bonds. The summed E-state index contributed by atoms with van der Waals surface area (Å²) < 4.78 is 31.7. The van der Waals surface area contributed by atoms with Gasteiger partial charge in [-0.15, -0.1) is 0 Å². The molecule has 3 heterocycles. The standard InChI is InChI=1S/C18H23N5O2.C2HF3O2/c24-17-14-1-2-15-16(13(14)4-6-20-17)12(11-22-15)3-5-21-18(25)23-9-7-19-8-10-23;3-2(4,5)1(6)7/h1-2,11,19,22H,3-10H2,(H,20,24)(H,21,25);(H,6,7). The van der Waals surface area contributed by atoms with Crippen LogP contribution in [-0.4, -0.2) is 78.3 Å². The van der Waals surface area contributed by atoms with Gasteiger partial charge in [0.2, 0.25) is 0 Å². The first-order valence-corrected chi connectivity index (χ1v) is 10.1. The molecule has 0 saturated carbocycles. The minimum absolute atomic E-state index is 0.00214. The molecule has 0 atom stereocenters. The van der Waals surface area contributed by atoms with E-state index in [1.165, 1.54) is 0 Å². The lowest BCUT2D eigenvalue weighted by Gasteiger charge is -2.27. The van der Waals surface area contributed by atoms with Gasteiger partial charge in [0.15, 0.2) is 0 Å². The Hall–Kier alpha value is -3.28. The van der Waals surface area contributed by atoms with Gasteiger partial charge in [-0.3, -0.25) is 4.79 Å². The number of amides is 3.